The van der Waals surface area contributed by atoms with Crippen molar-refractivity contribution in [3.05, 3.63) is 103 Å². The van der Waals surface area contributed by atoms with Crippen LogP contribution in [0.4, 0.5) is 0 Å². The molecule has 0 amide bonds. The second-order valence-corrected chi connectivity index (χ2v) is 8.74. The molecular weight excluding hydrogens is 486 g/mol. The number of benzene rings is 6. The van der Waals surface area contributed by atoms with E-state index in [9.17, 15) is 10.5 Å². The van der Waals surface area contributed by atoms with Gasteiger partial charge in [0.1, 0.15) is 5.75 Å². The maximum absolute atomic E-state index is 9.47. The van der Waals surface area contributed by atoms with E-state index in [-0.39, 0.29) is 0 Å². The maximum atomic E-state index is 9.47. The monoisotopic (exact) mass is 503 g/mol. The quantitative estimate of drug-likeness (QED) is 0.221. The van der Waals surface area contributed by atoms with Crippen molar-refractivity contribution in [1.29, 1.82) is 15.8 Å². The third-order valence-electron chi connectivity index (χ3n) is 6.80. The lowest BCUT2D eigenvalue weighted by atomic mass is 9.88. The summed E-state index contributed by atoms with van der Waals surface area (Å²) in [5.74, 6) is 1.29. The topological polar surface area (TPSA) is 99.1 Å². The highest BCUT2D eigenvalue weighted by atomic mass is 16.5. The highest BCUT2D eigenvalue weighted by Gasteiger charge is 2.20. The molecule has 0 aliphatic carbocycles. The Labute approximate surface area is 223 Å². The fourth-order valence-electron chi connectivity index (χ4n) is 5.27. The smallest absolute Gasteiger partial charge is 0.292 e. The lowest BCUT2D eigenvalue weighted by Crippen LogP contribution is -1.94. The fraction of sp³-hybridized carbons (Fsp3) is 0. The highest BCUT2D eigenvalue weighted by Crippen LogP contribution is 2.46. The Hall–Kier alpha value is -6.03. The lowest BCUT2D eigenvalue weighted by molar-refractivity contribution is 0.509. The van der Waals surface area contributed by atoms with Crippen LogP contribution in [0.3, 0.4) is 0 Å². The molecule has 0 aliphatic heterocycles. The first-order valence-corrected chi connectivity index (χ1v) is 12.0. The average molecular weight is 504 g/mol. The summed E-state index contributed by atoms with van der Waals surface area (Å²) in [6.07, 6.45) is 5.38. The summed E-state index contributed by atoms with van der Waals surface area (Å²) in [6, 6.07) is 32.5. The van der Waals surface area contributed by atoms with Gasteiger partial charge in [-0.1, -0.05) is 84.9 Å². The van der Waals surface area contributed by atoms with Gasteiger partial charge in [-0.3, -0.25) is 0 Å². The first-order valence-electron chi connectivity index (χ1n) is 12.0. The van der Waals surface area contributed by atoms with Gasteiger partial charge in [0.25, 0.3) is 18.8 Å². The third-order valence-corrected chi connectivity index (χ3v) is 6.80. The van der Waals surface area contributed by atoms with Gasteiger partial charge in [-0.25, -0.2) is 0 Å². The van der Waals surface area contributed by atoms with E-state index in [1.165, 1.54) is 0 Å². The summed E-state index contributed by atoms with van der Waals surface area (Å²) >= 11 is 0. The van der Waals surface area contributed by atoms with E-state index >= 15 is 0 Å². The molecule has 0 unspecified atom stereocenters. The molecule has 0 atom stereocenters. The number of rotatable bonds is 5. The van der Waals surface area contributed by atoms with Crippen molar-refractivity contribution >= 4 is 32.3 Å². The van der Waals surface area contributed by atoms with E-state index in [1.807, 2.05) is 97.4 Å². The number of hydrogen-bond donors (Lipinski definition) is 0. The van der Waals surface area contributed by atoms with Gasteiger partial charge in [-0.2, -0.15) is 0 Å². The van der Waals surface area contributed by atoms with Gasteiger partial charge < -0.3 is 14.2 Å². The summed E-state index contributed by atoms with van der Waals surface area (Å²) in [6.45, 7) is 0. The van der Waals surface area contributed by atoms with Crippen molar-refractivity contribution in [3.8, 4) is 58.3 Å². The SMILES string of the molecule is N#COc1ccc2ccccc2c1-c1ccc(-c2cccc3c(OC#N)cccc23)c2c(OC#N)cccc12. The maximum Gasteiger partial charge on any atom is 0.292 e. The molecule has 0 heterocycles. The molecule has 6 aromatic carbocycles. The zero-order valence-corrected chi connectivity index (χ0v) is 20.4. The largest absolute Gasteiger partial charge is 0.387 e. The van der Waals surface area contributed by atoms with Crippen LogP contribution in [0.15, 0.2) is 103 Å². The Kier molecular flexibility index (Phi) is 5.87. The predicted molar refractivity (Wildman–Crippen MR) is 149 cm³/mol. The molecule has 6 rings (SSSR count). The molecule has 0 spiro atoms. The van der Waals surface area contributed by atoms with Crippen molar-refractivity contribution in [1.82, 2.24) is 0 Å². The van der Waals surface area contributed by atoms with E-state index in [1.54, 1.807) is 24.5 Å². The zero-order valence-electron chi connectivity index (χ0n) is 20.4. The number of fused-ring (bicyclic) bond motifs is 3. The van der Waals surface area contributed by atoms with Crippen LogP contribution in [0, 0.1) is 34.6 Å². The van der Waals surface area contributed by atoms with Gasteiger partial charge in [0, 0.05) is 16.3 Å². The Morgan fingerprint density at radius 1 is 0.410 bits per heavy atom. The van der Waals surface area contributed by atoms with Crippen molar-refractivity contribution in [2.24, 2.45) is 0 Å². The molecule has 0 fully saturated rings. The minimum absolute atomic E-state index is 0.399. The van der Waals surface area contributed by atoms with Gasteiger partial charge in [-0.15, -0.1) is 15.8 Å². The first kappa shape index (κ1) is 23.4. The van der Waals surface area contributed by atoms with Crippen LogP contribution in [0.5, 0.6) is 17.2 Å². The van der Waals surface area contributed by atoms with Crippen LogP contribution in [0.2, 0.25) is 0 Å². The zero-order chi connectivity index (χ0) is 26.8. The van der Waals surface area contributed by atoms with Gasteiger partial charge in [0.15, 0.2) is 11.5 Å². The second kappa shape index (κ2) is 9.79. The van der Waals surface area contributed by atoms with E-state index in [0.29, 0.717) is 17.2 Å². The lowest BCUT2D eigenvalue weighted by Gasteiger charge is -2.18. The van der Waals surface area contributed by atoms with Crippen LogP contribution in [-0.4, -0.2) is 0 Å². The molecule has 6 aromatic rings. The van der Waals surface area contributed by atoms with Crippen molar-refractivity contribution in [2.45, 2.75) is 0 Å². The second-order valence-electron chi connectivity index (χ2n) is 8.74. The molecule has 0 aromatic heterocycles. The van der Waals surface area contributed by atoms with Crippen molar-refractivity contribution < 1.29 is 14.2 Å². The summed E-state index contributed by atoms with van der Waals surface area (Å²) in [4.78, 5) is 0. The molecule has 0 bridgehead atoms. The van der Waals surface area contributed by atoms with Gasteiger partial charge >= 0.3 is 0 Å². The molecule has 0 saturated carbocycles. The summed E-state index contributed by atoms with van der Waals surface area (Å²) in [5, 5.41) is 33.1. The average Bonchev–Trinajstić information content (AvgIpc) is 2.97. The number of nitriles is 3. The molecule has 0 N–H and O–H groups in total. The van der Waals surface area contributed by atoms with Crippen molar-refractivity contribution in [2.75, 3.05) is 0 Å². The molecule has 0 radical (unpaired) electrons. The fourth-order valence-corrected chi connectivity index (χ4v) is 5.27. The molecule has 182 valence electrons. The van der Waals surface area contributed by atoms with Crippen LogP contribution >= 0.6 is 0 Å². The Bertz CT molecular complexity index is 2050. The molecule has 6 heteroatoms. The standard InChI is InChI=1S/C33H17N3O3/c34-18-37-29-12-4-9-23-24(8-3-10-25(23)29)27-15-16-28(26-11-5-13-30(33(26)27)38-19-35)32-22-7-2-1-6-21(22)14-17-31(32)39-20-36/h1-17H. The van der Waals surface area contributed by atoms with Gasteiger partial charge in [0.05, 0.1) is 0 Å². The Balaban J connectivity index is 1.73. The number of ether oxygens (including phenoxy) is 3. The van der Waals surface area contributed by atoms with E-state index < -0.39 is 0 Å². The molecule has 0 aliphatic rings. The summed E-state index contributed by atoms with van der Waals surface area (Å²) < 4.78 is 16.1. The Morgan fingerprint density at radius 3 is 1.85 bits per heavy atom. The van der Waals surface area contributed by atoms with E-state index in [4.69, 9.17) is 19.5 Å². The normalized spacial score (nSPS) is 10.5. The van der Waals surface area contributed by atoms with Crippen LogP contribution in [-0.2, 0) is 0 Å². The number of hydrogen-bond acceptors (Lipinski definition) is 6. The van der Waals surface area contributed by atoms with Gasteiger partial charge in [-0.05, 0) is 56.4 Å². The highest BCUT2D eigenvalue weighted by molar-refractivity contribution is 6.15. The van der Waals surface area contributed by atoms with E-state index in [0.717, 1.165) is 54.6 Å². The van der Waals surface area contributed by atoms with Crippen LogP contribution in [0.1, 0.15) is 0 Å². The van der Waals surface area contributed by atoms with Crippen LogP contribution < -0.4 is 14.2 Å². The molecule has 39 heavy (non-hydrogen) atoms. The van der Waals surface area contributed by atoms with Crippen LogP contribution in [0.25, 0.3) is 54.6 Å². The predicted octanol–water partition coefficient (Wildman–Crippen LogP) is 8.06. The van der Waals surface area contributed by atoms with Crippen molar-refractivity contribution in [3.63, 3.8) is 0 Å². The molecular formula is C33H17N3O3. The Morgan fingerprint density at radius 2 is 1.03 bits per heavy atom. The van der Waals surface area contributed by atoms with E-state index in [2.05, 4.69) is 0 Å². The molecule has 0 saturated heterocycles. The third kappa shape index (κ3) is 3.89. The summed E-state index contributed by atoms with van der Waals surface area (Å²) in [5.41, 5.74) is 3.31. The molecule has 6 nitrogen and oxygen atoms in total. The first-order chi connectivity index (χ1) is 19.2. The minimum atomic E-state index is 0.399. The number of nitrogens with zero attached hydrogens (tertiary/aromatic N) is 3. The summed E-state index contributed by atoms with van der Waals surface area (Å²) in [7, 11) is 0. The minimum Gasteiger partial charge on any atom is -0.387 e. The van der Waals surface area contributed by atoms with Gasteiger partial charge in [0.2, 0.25) is 0 Å².